The molecule has 0 spiro atoms. The molecule has 2 aromatic rings. The predicted molar refractivity (Wildman–Crippen MR) is 113 cm³/mol. The van der Waals surface area contributed by atoms with E-state index in [4.69, 9.17) is 0 Å². The quantitative estimate of drug-likeness (QED) is 0.371. The van der Waals surface area contributed by atoms with Gasteiger partial charge in [-0.15, -0.1) is 24.0 Å². The van der Waals surface area contributed by atoms with Crippen molar-refractivity contribution in [3.05, 3.63) is 65.5 Å². The lowest BCUT2D eigenvalue weighted by Gasteiger charge is -2.12. The van der Waals surface area contributed by atoms with Crippen LogP contribution in [-0.2, 0) is 22.8 Å². The molecule has 5 nitrogen and oxygen atoms in total. The second-order valence-corrected chi connectivity index (χ2v) is 7.66. The van der Waals surface area contributed by atoms with Crippen molar-refractivity contribution in [1.82, 2.24) is 10.6 Å². The first kappa shape index (κ1) is 22.4. The van der Waals surface area contributed by atoms with Gasteiger partial charge in [0.1, 0.15) is 5.82 Å². The highest BCUT2D eigenvalue weighted by molar-refractivity contribution is 14.0. The summed E-state index contributed by atoms with van der Waals surface area (Å²) >= 11 is 0. The van der Waals surface area contributed by atoms with E-state index in [9.17, 15) is 12.8 Å². The number of hydrogen-bond donors (Lipinski definition) is 2. The molecule has 0 heterocycles. The number of sulfone groups is 1. The van der Waals surface area contributed by atoms with Crippen LogP contribution in [0.2, 0.25) is 0 Å². The molecule has 2 aromatic carbocycles. The summed E-state index contributed by atoms with van der Waals surface area (Å²) in [5.74, 6) is 0.408. The maximum Gasteiger partial charge on any atom is 0.191 e. The first-order valence-electron chi connectivity index (χ1n) is 7.86. The molecule has 142 valence electrons. The lowest BCUT2D eigenvalue weighted by atomic mass is 10.1. The molecule has 0 saturated heterocycles. The molecule has 0 aromatic heterocycles. The lowest BCUT2D eigenvalue weighted by Crippen LogP contribution is -2.37. The van der Waals surface area contributed by atoms with Gasteiger partial charge >= 0.3 is 0 Å². The Hall–Kier alpha value is -1.68. The molecule has 0 radical (unpaired) electrons. The number of hydrogen-bond acceptors (Lipinski definition) is 3. The molecule has 0 aliphatic carbocycles. The van der Waals surface area contributed by atoms with E-state index in [1.807, 2.05) is 0 Å². The van der Waals surface area contributed by atoms with Crippen molar-refractivity contribution in [1.29, 1.82) is 0 Å². The van der Waals surface area contributed by atoms with Crippen LogP contribution in [0.4, 0.5) is 4.39 Å². The van der Waals surface area contributed by atoms with Crippen LogP contribution in [0.15, 0.2) is 58.4 Å². The topological polar surface area (TPSA) is 70.6 Å². The fourth-order valence-electron chi connectivity index (χ4n) is 2.24. The Morgan fingerprint density at radius 3 is 2.12 bits per heavy atom. The molecule has 0 saturated carbocycles. The van der Waals surface area contributed by atoms with Crippen LogP contribution in [-0.4, -0.2) is 34.2 Å². The molecule has 0 unspecified atom stereocenters. The van der Waals surface area contributed by atoms with Gasteiger partial charge in [-0.2, -0.15) is 0 Å². The second-order valence-electron chi connectivity index (χ2n) is 5.65. The number of nitrogens with one attached hydrogen (secondary N) is 2. The SMILES string of the molecule is CN=C(NCCc1ccc(F)cc1)NCc1ccc(S(C)(=O)=O)cc1.I. The van der Waals surface area contributed by atoms with Gasteiger partial charge in [0.25, 0.3) is 0 Å². The van der Waals surface area contributed by atoms with Gasteiger partial charge in [0.15, 0.2) is 15.8 Å². The first-order chi connectivity index (χ1) is 11.9. The molecule has 0 amide bonds. The average molecular weight is 491 g/mol. The zero-order chi connectivity index (χ0) is 18.3. The average Bonchev–Trinajstić information content (AvgIpc) is 2.59. The number of halogens is 2. The standard InChI is InChI=1S/C18H22FN3O2S.HI/c1-20-18(21-12-11-14-3-7-16(19)8-4-14)22-13-15-5-9-17(10-6-15)25(2,23)24;/h3-10H,11-13H2,1-2H3,(H2,20,21,22);1H. The van der Waals surface area contributed by atoms with Gasteiger partial charge in [0.2, 0.25) is 0 Å². The Kier molecular flexibility index (Phi) is 9.00. The fraction of sp³-hybridized carbons (Fsp3) is 0.278. The second kappa shape index (κ2) is 10.5. The third-order valence-electron chi connectivity index (χ3n) is 3.65. The van der Waals surface area contributed by atoms with Gasteiger partial charge in [0.05, 0.1) is 4.90 Å². The monoisotopic (exact) mass is 491 g/mol. The van der Waals surface area contributed by atoms with Gasteiger partial charge in [-0.05, 0) is 41.8 Å². The number of aliphatic imine (C=N–C) groups is 1. The molecule has 8 heteroatoms. The van der Waals surface area contributed by atoms with Crippen molar-refractivity contribution >= 4 is 39.8 Å². The van der Waals surface area contributed by atoms with Crippen molar-refractivity contribution in [2.75, 3.05) is 19.8 Å². The first-order valence-corrected chi connectivity index (χ1v) is 9.75. The minimum Gasteiger partial charge on any atom is -0.356 e. The minimum absolute atomic E-state index is 0. The van der Waals surface area contributed by atoms with Crippen LogP contribution in [0.1, 0.15) is 11.1 Å². The Morgan fingerprint density at radius 1 is 1.00 bits per heavy atom. The zero-order valence-corrected chi connectivity index (χ0v) is 17.8. The van der Waals surface area contributed by atoms with Crippen molar-refractivity contribution in [2.24, 2.45) is 4.99 Å². The molecule has 0 aliphatic heterocycles. The third-order valence-corrected chi connectivity index (χ3v) is 4.78. The number of benzene rings is 2. The fourth-order valence-corrected chi connectivity index (χ4v) is 2.87. The Balaban J connectivity index is 0.00000338. The van der Waals surface area contributed by atoms with E-state index < -0.39 is 9.84 Å². The summed E-state index contributed by atoms with van der Waals surface area (Å²) in [5, 5.41) is 6.36. The van der Waals surface area contributed by atoms with Crippen LogP contribution in [0.3, 0.4) is 0 Å². The molecule has 2 rings (SSSR count). The van der Waals surface area contributed by atoms with Crippen LogP contribution in [0, 0.1) is 5.82 Å². The number of nitrogens with zero attached hydrogens (tertiary/aromatic N) is 1. The lowest BCUT2D eigenvalue weighted by molar-refractivity contribution is 0.602. The highest BCUT2D eigenvalue weighted by Crippen LogP contribution is 2.10. The highest BCUT2D eigenvalue weighted by Gasteiger charge is 2.06. The van der Waals surface area contributed by atoms with Gasteiger partial charge in [-0.1, -0.05) is 24.3 Å². The summed E-state index contributed by atoms with van der Waals surface area (Å²) in [5.41, 5.74) is 2.00. The van der Waals surface area contributed by atoms with Gasteiger partial charge in [-0.25, -0.2) is 12.8 Å². The summed E-state index contributed by atoms with van der Waals surface area (Å²) < 4.78 is 35.8. The van der Waals surface area contributed by atoms with Gasteiger partial charge in [0, 0.05) is 26.4 Å². The van der Waals surface area contributed by atoms with Crippen molar-refractivity contribution in [2.45, 2.75) is 17.9 Å². The largest absolute Gasteiger partial charge is 0.356 e. The summed E-state index contributed by atoms with van der Waals surface area (Å²) in [6.45, 7) is 1.19. The molecule has 0 bridgehead atoms. The highest BCUT2D eigenvalue weighted by atomic mass is 127. The van der Waals surface area contributed by atoms with E-state index >= 15 is 0 Å². The van der Waals surface area contributed by atoms with Crippen LogP contribution >= 0.6 is 24.0 Å². The normalized spacial score (nSPS) is 11.6. The van der Waals surface area contributed by atoms with E-state index in [2.05, 4.69) is 15.6 Å². The van der Waals surface area contributed by atoms with Crippen molar-refractivity contribution < 1.29 is 12.8 Å². The van der Waals surface area contributed by atoms with Gasteiger partial charge in [-0.3, -0.25) is 4.99 Å². The van der Waals surface area contributed by atoms with E-state index in [1.165, 1.54) is 18.4 Å². The van der Waals surface area contributed by atoms with Crippen LogP contribution < -0.4 is 10.6 Å². The summed E-state index contributed by atoms with van der Waals surface area (Å²) in [6.07, 6.45) is 1.94. The summed E-state index contributed by atoms with van der Waals surface area (Å²) in [4.78, 5) is 4.45. The van der Waals surface area contributed by atoms with E-state index in [-0.39, 0.29) is 29.8 Å². The maximum atomic E-state index is 12.9. The smallest absolute Gasteiger partial charge is 0.191 e. The van der Waals surface area contributed by atoms with Crippen LogP contribution in [0.5, 0.6) is 0 Å². The molecule has 26 heavy (non-hydrogen) atoms. The summed E-state index contributed by atoms with van der Waals surface area (Å²) in [7, 11) is -1.50. The summed E-state index contributed by atoms with van der Waals surface area (Å²) in [6, 6.07) is 13.1. The minimum atomic E-state index is -3.18. The maximum absolute atomic E-state index is 12.9. The Labute approximate surface area is 171 Å². The third kappa shape index (κ3) is 7.28. The molecular formula is C18H23FIN3O2S. The zero-order valence-electron chi connectivity index (χ0n) is 14.7. The van der Waals surface area contributed by atoms with E-state index in [1.54, 1.807) is 43.4 Å². The Morgan fingerprint density at radius 2 is 1.58 bits per heavy atom. The molecule has 0 atom stereocenters. The van der Waals surface area contributed by atoms with Gasteiger partial charge < -0.3 is 10.6 Å². The van der Waals surface area contributed by atoms with Crippen molar-refractivity contribution in [3.63, 3.8) is 0 Å². The molecule has 0 aliphatic rings. The molecular weight excluding hydrogens is 468 g/mol. The van der Waals surface area contributed by atoms with E-state index in [0.29, 0.717) is 23.9 Å². The molecule has 0 fully saturated rings. The molecule has 2 N–H and O–H groups in total. The number of rotatable bonds is 6. The van der Waals surface area contributed by atoms with E-state index in [0.717, 1.165) is 17.5 Å². The van der Waals surface area contributed by atoms with Crippen LogP contribution in [0.25, 0.3) is 0 Å². The van der Waals surface area contributed by atoms with Crippen molar-refractivity contribution in [3.8, 4) is 0 Å². The Bertz CT molecular complexity index is 823. The number of guanidine groups is 1. The predicted octanol–water partition coefficient (Wildman–Crippen LogP) is 2.75.